The van der Waals surface area contributed by atoms with Crippen molar-refractivity contribution in [2.45, 2.75) is 24.7 Å². The number of benzene rings is 2. The van der Waals surface area contributed by atoms with Gasteiger partial charge in [-0.25, -0.2) is 8.42 Å². The number of halogens is 1. The molecular weight excluding hydrogens is 412 g/mol. The lowest BCUT2D eigenvalue weighted by Gasteiger charge is -2.32. The van der Waals surface area contributed by atoms with Gasteiger partial charge in [-0.2, -0.15) is 0 Å². The Kier molecular flexibility index (Phi) is 6.70. The number of anilines is 1. The highest BCUT2D eigenvalue weighted by molar-refractivity contribution is 7.92. The Morgan fingerprint density at radius 1 is 1.17 bits per heavy atom. The lowest BCUT2D eigenvalue weighted by molar-refractivity contribution is -0.130. The van der Waals surface area contributed by atoms with Crippen molar-refractivity contribution in [3.05, 3.63) is 53.6 Å². The molecule has 2 aromatic rings. The Morgan fingerprint density at radius 3 is 2.41 bits per heavy atom. The van der Waals surface area contributed by atoms with Crippen molar-refractivity contribution in [2.75, 3.05) is 31.0 Å². The molecule has 0 aliphatic carbocycles. The highest BCUT2D eigenvalue weighted by atomic mass is 35.5. The summed E-state index contributed by atoms with van der Waals surface area (Å²) in [5.41, 5.74) is 0.318. The zero-order valence-electron chi connectivity index (χ0n) is 16.5. The molecule has 0 spiro atoms. The lowest BCUT2D eigenvalue weighted by Crippen LogP contribution is -2.45. The zero-order valence-corrected chi connectivity index (χ0v) is 18.1. The molecule has 6 nitrogen and oxygen atoms in total. The smallest absolute Gasteiger partial charge is 0.264 e. The molecule has 156 valence electrons. The third kappa shape index (κ3) is 4.85. The van der Waals surface area contributed by atoms with E-state index in [0.717, 1.165) is 17.1 Å². The second-order valence-electron chi connectivity index (χ2n) is 7.21. The third-order valence-electron chi connectivity index (χ3n) is 5.17. The first-order valence-electron chi connectivity index (χ1n) is 9.52. The van der Waals surface area contributed by atoms with Gasteiger partial charge in [-0.1, -0.05) is 36.7 Å². The summed E-state index contributed by atoms with van der Waals surface area (Å²) in [5.74, 6) is 0.788. The Balaban J connectivity index is 1.95. The van der Waals surface area contributed by atoms with E-state index in [4.69, 9.17) is 16.3 Å². The first-order valence-corrected chi connectivity index (χ1v) is 11.3. The summed E-state index contributed by atoms with van der Waals surface area (Å²) in [6.45, 7) is 3.16. The third-order valence-corrected chi connectivity index (χ3v) is 7.25. The van der Waals surface area contributed by atoms with Crippen molar-refractivity contribution >= 4 is 33.2 Å². The number of carbonyl (C=O) groups excluding carboxylic acids is 1. The fourth-order valence-electron chi connectivity index (χ4n) is 3.33. The molecule has 2 aromatic carbocycles. The fourth-order valence-corrected chi connectivity index (χ4v) is 5.01. The monoisotopic (exact) mass is 436 g/mol. The zero-order chi connectivity index (χ0) is 21.0. The van der Waals surface area contributed by atoms with Crippen molar-refractivity contribution in [3.8, 4) is 5.75 Å². The number of methoxy groups -OCH3 is 1. The topological polar surface area (TPSA) is 66.9 Å². The number of likely N-dealkylation sites (tertiary alicyclic amines) is 1. The van der Waals surface area contributed by atoms with Crippen LogP contribution in [0, 0.1) is 5.92 Å². The van der Waals surface area contributed by atoms with Crippen LogP contribution in [0.5, 0.6) is 5.75 Å². The predicted molar refractivity (Wildman–Crippen MR) is 114 cm³/mol. The summed E-state index contributed by atoms with van der Waals surface area (Å²) in [5, 5.41) is 0.275. The molecule has 0 unspecified atom stereocenters. The fraction of sp³-hybridized carbons (Fsp3) is 0.381. The van der Waals surface area contributed by atoms with Crippen LogP contribution in [0.4, 0.5) is 5.69 Å². The predicted octanol–water partition coefficient (Wildman–Crippen LogP) is 3.80. The molecule has 1 aliphatic rings. The average molecular weight is 437 g/mol. The minimum absolute atomic E-state index is 0.118. The summed E-state index contributed by atoms with van der Waals surface area (Å²) >= 11 is 6.23. The van der Waals surface area contributed by atoms with Gasteiger partial charge in [0.2, 0.25) is 5.91 Å². The maximum atomic E-state index is 13.3. The molecule has 1 fully saturated rings. The molecule has 1 heterocycles. The maximum Gasteiger partial charge on any atom is 0.264 e. The highest BCUT2D eigenvalue weighted by Gasteiger charge is 2.30. The van der Waals surface area contributed by atoms with Gasteiger partial charge in [0, 0.05) is 13.1 Å². The van der Waals surface area contributed by atoms with Crippen molar-refractivity contribution < 1.29 is 17.9 Å². The van der Waals surface area contributed by atoms with Crippen LogP contribution in [0.25, 0.3) is 0 Å². The number of piperidine rings is 1. The molecule has 0 bridgehead atoms. The van der Waals surface area contributed by atoms with Gasteiger partial charge >= 0.3 is 0 Å². The van der Waals surface area contributed by atoms with Crippen LogP contribution < -0.4 is 9.04 Å². The molecule has 1 saturated heterocycles. The van der Waals surface area contributed by atoms with Gasteiger partial charge < -0.3 is 9.64 Å². The Bertz CT molecular complexity index is 958. The van der Waals surface area contributed by atoms with Gasteiger partial charge in [0.25, 0.3) is 10.0 Å². The van der Waals surface area contributed by atoms with Crippen LogP contribution in [0.3, 0.4) is 0 Å². The maximum absolute atomic E-state index is 13.3. The minimum atomic E-state index is -3.95. The average Bonchev–Trinajstić information content (AvgIpc) is 2.72. The summed E-state index contributed by atoms with van der Waals surface area (Å²) in [6.07, 6.45) is 1.84. The van der Waals surface area contributed by atoms with Gasteiger partial charge in [-0.05, 0) is 49.1 Å². The second-order valence-corrected chi connectivity index (χ2v) is 9.48. The second kappa shape index (κ2) is 9.05. The van der Waals surface area contributed by atoms with Crippen molar-refractivity contribution in [1.29, 1.82) is 0 Å². The first-order chi connectivity index (χ1) is 13.8. The number of rotatable bonds is 6. The molecule has 29 heavy (non-hydrogen) atoms. The molecular formula is C21H25ClN2O4S. The molecule has 0 N–H and O–H groups in total. The van der Waals surface area contributed by atoms with Gasteiger partial charge in [0.05, 0.1) is 22.7 Å². The van der Waals surface area contributed by atoms with E-state index in [-0.39, 0.29) is 22.4 Å². The van der Waals surface area contributed by atoms with Crippen LogP contribution in [-0.4, -0.2) is 46.0 Å². The summed E-state index contributed by atoms with van der Waals surface area (Å²) in [7, 11) is -2.46. The van der Waals surface area contributed by atoms with E-state index in [1.807, 2.05) is 0 Å². The molecule has 1 amide bonds. The van der Waals surface area contributed by atoms with Crippen molar-refractivity contribution in [2.24, 2.45) is 5.92 Å². The Morgan fingerprint density at radius 2 is 1.83 bits per heavy atom. The molecule has 0 atom stereocenters. The van der Waals surface area contributed by atoms with E-state index in [0.29, 0.717) is 30.4 Å². The van der Waals surface area contributed by atoms with E-state index in [1.54, 1.807) is 35.2 Å². The summed E-state index contributed by atoms with van der Waals surface area (Å²) in [6, 6.07) is 12.8. The van der Waals surface area contributed by atoms with E-state index in [2.05, 4.69) is 6.92 Å². The Labute approximate surface area is 177 Å². The highest BCUT2D eigenvalue weighted by Crippen LogP contribution is 2.32. The largest absolute Gasteiger partial charge is 0.495 e. The molecule has 3 rings (SSSR count). The van der Waals surface area contributed by atoms with Gasteiger partial charge in [-0.3, -0.25) is 9.10 Å². The molecule has 0 aromatic heterocycles. The van der Waals surface area contributed by atoms with E-state index in [1.165, 1.54) is 25.3 Å². The Hall–Kier alpha value is -2.25. The van der Waals surface area contributed by atoms with Crippen LogP contribution >= 0.6 is 11.6 Å². The lowest BCUT2D eigenvalue weighted by atomic mass is 9.99. The normalized spacial score (nSPS) is 15.2. The van der Waals surface area contributed by atoms with Crippen LogP contribution in [0.1, 0.15) is 19.8 Å². The number of ether oxygens (including phenoxy) is 1. The number of hydrogen-bond donors (Lipinski definition) is 0. The number of amides is 1. The number of carbonyl (C=O) groups is 1. The first kappa shape index (κ1) is 21.5. The number of sulfonamides is 1. The summed E-state index contributed by atoms with van der Waals surface area (Å²) < 4.78 is 33.0. The quantitative estimate of drug-likeness (QED) is 0.690. The van der Waals surface area contributed by atoms with Crippen LogP contribution in [-0.2, 0) is 14.8 Å². The molecule has 0 saturated carbocycles. The molecule has 8 heteroatoms. The standard InChI is InChI=1S/C21H25ClN2O4S/c1-16-10-12-23(13-11-16)21(25)15-24(17-8-9-20(28-2)19(22)14-17)29(26,27)18-6-4-3-5-7-18/h3-9,14,16H,10-13,15H2,1-2H3. The van der Waals surface area contributed by atoms with Crippen LogP contribution in [0.15, 0.2) is 53.4 Å². The number of nitrogens with zero attached hydrogens (tertiary/aromatic N) is 2. The number of hydrogen-bond acceptors (Lipinski definition) is 4. The molecule has 1 aliphatic heterocycles. The van der Waals surface area contributed by atoms with Crippen molar-refractivity contribution in [3.63, 3.8) is 0 Å². The van der Waals surface area contributed by atoms with Gasteiger partial charge in [-0.15, -0.1) is 0 Å². The van der Waals surface area contributed by atoms with Crippen LogP contribution in [0.2, 0.25) is 5.02 Å². The van der Waals surface area contributed by atoms with E-state index >= 15 is 0 Å². The van der Waals surface area contributed by atoms with Crippen molar-refractivity contribution in [1.82, 2.24) is 4.90 Å². The SMILES string of the molecule is COc1ccc(N(CC(=O)N2CCC(C)CC2)S(=O)(=O)c2ccccc2)cc1Cl. The van der Waals surface area contributed by atoms with Gasteiger partial charge in [0.1, 0.15) is 12.3 Å². The summed E-state index contributed by atoms with van der Waals surface area (Å²) in [4.78, 5) is 14.8. The van der Waals surface area contributed by atoms with E-state index < -0.39 is 10.0 Å². The van der Waals surface area contributed by atoms with Gasteiger partial charge in [0.15, 0.2) is 0 Å². The minimum Gasteiger partial charge on any atom is -0.495 e. The van der Waals surface area contributed by atoms with E-state index in [9.17, 15) is 13.2 Å². The molecule has 0 radical (unpaired) electrons.